The van der Waals surface area contributed by atoms with Crippen molar-refractivity contribution in [2.75, 3.05) is 32.7 Å². The average Bonchev–Trinajstić information content (AvgIpc) is 3.47. The van der Waals surface area contributed by atoms with Gasteiger partial charge in [0.05, 0.1) is 44.3 Å². The first-order valence-electron chi connectivity index (χ1n) is 21.1. The number of nitriles is 1. The summed E-state index contributed by atoms with van der Waals surface area (Å²) in [6.07, 6.45) is 16.9. The molecule has 16 heteroatoms. The highest BCUT2D eigenvalue weighted by Gasteiger charge is 2.87. The lowest BCUT2D eigenvalue weighted by Crippen LogP contribution is -2.35. The predicted molar refractivity (Wildman–Crippen MR) is 218 cm³/mol. The van der Waals surface area contributed by atoms with Crippen molar-refractivity contribution < 1.29 is 47.7 Å². The zero-order valence-corrected chi connectivity index (χ0v) is 35.3. The smallest absolute Gasteiger partial charge is 0.472 e. The molecule has 0 spiro atoms. The molecule has 0 amide bonds. The number of phosphoric ester groups is 1. The zero-order chi connectivity index (χ0) is 41.6. The minimum atomic E-state index is -4.82. The van der Waals surface area contributed by atoms with E-state index in [0.29, 0.717) is 34.7 Å². The number of rotatable bonds is 29. The van der Waals surface area contributed by atoms with Crippen LogP contribution in [0.5, 0.6) is 5.75 Å². The van der Waals surface area contributed by atoms with E-state index >= 15 is 0 Å². The highest BCUT2D eigenvalue weighted by molar-refractivity contribution is 7.47. The van der Waals surface area contributed by atoms with Crippen LogP contribution in [0.4, 0.5) is 5.82 Å². The van der Waals surface area contributed by atoms with Crippen LogP contribution in [0.15, 0.2) is 36.7 Å². The van der Waals surface area contributed by atoms with E-state index in [1.54, 1.807) is 30.3 Å². The SMILES string of the molecule is CCCCCCCCCCCCCCCCCCOC[C@@H](COP(=O)(O)O[C@H]1[C@]2(O)[C@@H](O)[C@@H](c3ccc4c(N)ncnn34)O[C@]12C)OCc1ccc(C#N)cc1OC. The second-order valence-electron chi connectivity index (χ2n) is 15.8. The molecule has 1 aromatic carbocycles. The van der Waals surface area contributed by atoms with Gasteiger partial charge < -0.3 is 39.8 Å². The van der Waals surface area contributed by atoms with Crippen LogP contribution in [0.1, 0.15) is 140 Å². The third-order valence-electron chi connectivity index (χ3n) is 11.5. The Labute approximate surface area is 342 Å². The van der Waals surface area contributed by atoms with Crippen LogP contribution < -0.4 is 10.5 Å². The van der Waals surface area contributed by atoms with E-state index in [2.05, 4.69) is 23.1 Å². The standard InChI is InChI=1S/C42H64N5O10P/c1-4-5-6-7-8-9-10-11-12-13-14-15-16-17-18-19-24-53-28-33(54-27-32-21-20-31(26-43)25-36(32)52-3)29-55-58(50,51)57-40-41(2)42(40,49)38(48)37(56-41)34-22-23-35-39(44)45-30-46-47(34)35/h20-23,25,30,33,37-38,40,48-49H,4-19,24,27-29H2,1-3H3,(H,50,51)(H2,44,45,46)/t33-,37+,38-,40+,41+,42+/m0/s1. The molecule has 2 fully saturated rings. The number of nitrogens with zero attached hydrogens (tertiary/aromatic N) is 4. The van der Waals surface area contributed by atoms with E-state index in [0.717, 1.165) is 19.3 Å². The van der Waals surface area contributed by atoms with Crippen LogP contribution in [0.3, 0.4) is 0 Å². The Morgan fingerprint density at radius 1 is 0.983 bits per heavy atom. The number of methoxy groups -OCH3 is 1. The van der Waals surface area contributed by atoms with Gasteiger partial charge in [0.15, 0.2) is 11.4 Å². The third kappa shape index (κ3) is 11.6. The van der Waals surface area contributed by atoms with Gasteiger partial charge in [-0.3, -0.25) is 9.05 Å². The van der Waals surface area contributed by atoms with Crippen molar-refractivity contribution in [2.24, 2.45) is 0 Å². The Balaban J connectivity index is 1.05. The van der Waals surface area contributed by atoms with Crippen molar-refractivity contribution in [1.82, 2.24) is 14.6 Å². The molecule has 1 aliphatic heterocycles. The molecule has 2 aromatic heterocycles. The molecular formula is C42H64N5O10P. The van der Waals surface area contributed by atoms with Crippen LogP contribution in [0.25, 0.3) is 5.52 Å². The van der Waals surface area contributed by atoms with Gasteiger partial charge >= 0.3 is 7.82 Å². The van der Waals surface area contributed by atoms with Crippen molar-refractivity contribution in [1.29, 1.82) is 5.26 Å². The normalized spacial score (nSPS) is 24.1. The highest BCUT2D eigenvalue weighted by Crippen LogP contribution is 2.68. The summed E-state index contributed by atoms with van der Waals surface area (Å²) in [5, 5.41) is 36.2. The molecule has 3 aromatic rings. The molecule has 15 nitrogen and oxygen atoms in total. The number of aliphatic hydroxyl groups excluding tert-OH is 1. The fourth-order valence-electron chi connectivity index (χ4n) is 7.91. The molecule has 322 valence electrons. The second-order valence-corrected chi connectivity index (χ2v) is 17.2. The number of aliphatic hydroxyl groups is 2. The Bertz CT molecular complexity index is 1820. The lowest BCUT2D eigenvalue weighted by atomic mass is 10.0. The summed E-state index contributed by atoms with van der Waals surface area (Å²) >= 11 is 0. The summed E-state index contributed by atoms with van der Waals surface area (Å²) in [6, 6.07) is 10.4. The number of hydrogen-bond donors (Lipinski definition) is 4. The highest BCUT2D eigenvalue weighted by atomic mass is 31.2. The summed E-state index contributed by atoms with van der Waals surface area (Å²) in [7, 11) is -3.32. The van der Waals surface area contributed by atoms with E-state index in [1.165, 1.54) is 108 Å². The van der Waals surface area contributed by atoms with E-state index in [4.69, 9.17) is 33.7 Å². The molecule has 0 radical (unpaired) electrons. The van der Waals surface area contributed by atoms with Crippen LogP contribution in [0, 0.1) is 11.3 Å². The molecule has 1 aliphatic carbocycles. The van der Waals surface area contributed by atoms with Crippen LogP contribution in [-0.4, -0.2) is 86.1 Å². The summed E-state index contributed by atoms with van der Waals surface area (Å²) < 4.78 is 49.1. The maximum atomic E-state index is 13.3. The maximum Gasteiger partial charge on any atom is 0.472 e. The van der Waals surface area contributed by atoms with Gasteiger partial charge in [-0.25, -0.2) is 14.1 Å². The Kier molecular flexibility index (Phi) is 17.3. The van der Waals surface area contributed by atoms with Gasteiger partial charge in [0.1, 0.15) is 47.6 Å². The molecule has 1 unspecified atom stereocenters. The topological polar surface area (TPSA) is 213 Å². The van der Waals surface area contributed by atoms with Crippen molar-refractivity contribution in [3.8, 4) is 11.8 Å². The van der Waals surface area contributed by atoms with E-state index in [1.807, 2.05) is 0 Å². The largest absolute Gasteiger partial charge is 0.496 e. The van der Waals surface area contributed by atoms with Gasteiger partial charge in [-0.2, -0.15) is 10.4 Å². The number of phosphoric acid groups is 1. The lowest BCUT2D eigenvalue weighted by molar-refractivity contribution is -0.0837. The minimum Gasteiger partial charge on any atom is -0.496 e. The average molecular weight is 830 g/mol. The molecule has 3 heterocycles. The molecule has 58 heavy (non-hydrogen) atoms. The van der Waals surface area contributed by atoms with E-state index in [9.17, 15) is 24.9 Å². The summed E-state index contributed by atoms with van der Waals surface area (Å²) in [5.74, 6) is 0.694. The number of aromatic nitrogens is 3. The van der Waals surface area contributed by atoms with Gasteiger partial charge in [0.2, 0.25) is 0 Å². The van der Waals surface area contributed by atoms with Crippen LogP contribution in [-0.2, 0) is 34.4 Å². The van der Waals surface area contributed by atoms with Crippen molar-refractivity contribution in [2.45, 2.75) is 159 Å². The van der Waals surface area contributed by atoms with E-state index in [-0.39, 0.29) is 25.6 Å². The number of unbranched alkanes of at least 4 members (excludes halogenated alkanes) is 15. The number of ether oxygens (including phenoxy) is 4. The molecule has 2 aliphatic rings. The predicted octanol–water partition coefficient (Wildman–Crippen LogP) is 7.49. The minimum absolute atomic E-state index is 0.0504. The Hall–Kier alpha value is -3.16. The zero-order valence-electron chi connectivity index (χ0n) is 34.4. The van der Waals surface area contributed by atoms with Crippen molar-refractivity contribution >= 4 is 19.2 Å². The lowest BCUT2D eigenvalue weighted by Gasteiger charge is -2.24. The van der Waals surface area contributed by atoms with Crippen molar-refractivity contribution in [3.05, 3.63) is 53.5 Å². The van der Waals surface area contributed by atoms with Crippen molar-refractivity contribution in [3.63, 3.8) is 0 Å². The molecule has 0 bridgehead atoms. The monoisotopic (exact) mass is 829 g/mol. The summed E-state index contributed by atoms with van der Waals surface area (Å²) in [6.45, 7) is 3.99. The number of hydrogen-bond acceptors (Lipinski definition) is 13. The molecular weight excluding hydrogens is 765 g/mol. The molecule has 5 N–H and O–H groups in total. The summed E-state index contributed by atoms with van der Waals surface area (Å²) in [4.78, 5) is 14.8. The first kappa shape index (κ1) is 45.9. The molecule has 7 atom stereocenters. The van der Waals surface area contributed by atoms with Gasteiger partial charge in [0.25, 0.3) is 0 Å². The molecule has 1 saturated heterocycles. The van der Waals surface area contributed by atoms with Gasteiger partial charge in [-0.05, 0) is 37.6 Å². The quantitative estimate of drug-likeness (QED) is 0.0394. The fraction of sp³-hybridized carbons (Fsp3) is 0.690. The van der Waals surface area contributed by atoms with E-state index < -0.39 is 43.4 Å². The van der Waals surface area contributed by atoms with Crippen LogP contribution >= 0.6 is 7.82 Å². The second kappa shape index (κ2) is 21.9. The Morgan fingerprint density at radius 2 is 1.62 bits per heavy atom. The number of nitrogens with two attached hydrogens (primary N) is 1. The van der Waals surface area contributed by atoms with Crippen LogP contribution in [0.2, 0.25) is 0 Å². The number of fused-ring (bicyclic) bond motifs is 2. The number of nitrogen functional groups attached to an aromatic ring is 1. The number of benzene rings is 1. The summed E-state index contributed by atoms with van der Waals surface area (Å²) in [5.41, 5.74) is 4.41. The van der Waals surface area contributed by atoms with Gasteiger partial charge in [0, 0.05) is 12.2 Å². The maximum absolute atomic E-state index is 13.3. The first-order chi connectivity index (χ1) is 28.0. The van der Waals surface area contributed by atoms with Gasteiger partial charge in [-0.15, -0.1) is 0 Å². The third-order valence-corrected chi connectivity index (χ3v) is 12.5. The number of anilines is 1. The first-order valence-corrected chi connectivity index (χ1v) is 22.6. The molecule has 5 rings (SSSR count). The fourth-order valence-corrected chi connectivity index (χ4v) is 8.95. The molecule has 1 saturated carbocycles. The van der Waals surface area contributed by atoms with Gasteiger partial charge in [-0.1, -0.05) is 109 Å². The Morgan fingerprint density at radius 3 is 2.21 bits per heavy atom.